The average molecular weight is 247 g/mol. The number of amides is 1. The maximum atomic E-state index is 11.8. The molecule has 98 valence electrons. The maximum absolute atomic E-state index is 11.8. The second kappa shape index (κ2) is 5.98. The second-order valence-electron chi connectivity index (χ2n) is 4.79. The van der Waals surface area contributed by atoms with E-state index in [1.807, 2.05) is 0 Å². The Morgan fingerprint density at radius 1 is 1.44 bits per heavy atom. The molecule has 0 radical (unpaired) electrons. The minimum atomic E-state index is -0.0648. The number of nitrogens with one attached hydrogen (secondary N) is 2. The molecule has 4 nitrogen and oxygen atoms in total. The van der Waals surface area contributed by atoms with E-state index in [2.05, 4.69) is 46.7 Å². The van der Waals surface area contributed by atoms with Crippen LogP contribution in [0.1, 0.15) is 11.1 Å². The van der Waals surface area contributed by atoms with Crippen molar-refractivity contribution in [3.8, 4) is 0 Å². The van der Waals surface area contributed by atoms with Crippen LogP contribution >= 0.6 is 0 Å². The van der Waals surface area contributed by atoms with E-state index >= 15 is 0 Å². The van der Waals surface area contributed by atoms with Crippen molar-refractivity contribution in [1.82, 2.24) is 15.5 Å². The average Bonchev–Trinajstić information content (AvgIpc) is 2.41. The minimum absolute atomic E-state index is 0.0648. The van der Waals surface area contributed by atoms with Crippen LogP contribution in [0.4, 0.5) is 0 Å². The molecule has 18 heavy (non-hydrogen) atoms. The van der Waals surface area contributed by atoms with Gasteiger partial charge in [0.05, 0.1) is 0 Å². The minimum Gasteiger partial charge on any atom is -0.358 e. The number of hydrogen-bond donors (Lipinski definition) is 2. The Labute approximate surface area is 108 Å². The van der Waals surface area contributed by atoms with E-state index < -0.39 is 0 Å². The predicted octanol–water partition coefficient (Wildman–Crippen LogP) is 0.515. The Balaban J connectivity index is 2.05. The molecule has 1 atom stereocenters. The van der Waals surface area contributed by atoms with Crippen LogP contribution in [-0.2, 0) is 11.3 Å². The van der Waals surface area contributed by atoms with Crippen molar-refractivity contribution < 1.29 is 4.79 Å². The van der Waals surface area contributed by atoms with E-state index in [4.69, 9.17) is 0 Å². The van der Waals surface area contributed by atoms with Gasteiger partial charge in [0.25, 0.3) is 0 Å². The van der Waals surface area contributed by atoms with Gasteiger partial charge in [0.15, 0.2) is 0 Å². The van der Waals surface area contributed by atoms with Gasteiger partial charge in [0, 0.05) is 33.2 Å². The largest absolute Gasteiger partial charge is 0.358 e. The number of likely N-dealkylation sites (N-methyl/N-ethyl adjacent to an activating group) is 1. The standard InChI is InChI=1S/C14H21N3O/c1-11-3-5-12(6-4-11)10-17-8-7-16-9-13(17)14(18)15-2/h3-6,13,16H,7-10H2,1-2H3,(H,15,18). The molecule has 4 heteroatoms. The predicted molar refractivity (Wildman–Crippen MR) is 72.3 cm³/mol. The highest BCUT2D eigenvalue weighted by Gasteiger charge is 2.27. The van der Waals surface area contributed by atoms with Gasteiger partial charge < -0.3 is 10.6 Å². The summed E-state index contributed by atoms with van der Waals surface area (Å²) in [5.41, 5.74) is 2.53. The fourth-order valence-electron chi connectivity index (χ4n) is 2.29. The number of carbonyl (C=O) groups is 1. The van der Waals surface area contributed by atoms with Crippen molar-refractivity contribution in [3.63, 3.8) is 0 Å². The molecular formula is C14H21N3O. The third-order valence-electron chi connectivity index (χ3n) is 3.41. The van der Waals surface area contributed by atoms with Gasteiger partial charge in [-0.2, -0.15) is 0 Å². The summed E-state index contributed by atoms with van der Waals surface area (Å²) < 4.78 is 0. The van der Waals surface area contributed by atoms with Crippen LogP contribution in [0, 0.1) is 6.92 Å². The van der Waals surface area contributed by atoms with E-state index in [1.165, 1.54) is 11.1 Å². The molecule has 1 saturated heterocycles. The van der Waals surface area contributed by atoms with E-state index in [1.54, 1.807) is 7.05 Å². The van der Waals surface area contributed by atoms with Gasteiger partial charge in [-0.25, -0.2) is 0 Å². The molecule has 0 saturated carbocycles. The first kappa shape index (κ1) is 13.1. The number of carbonyl (C=O) groups excluding carboxylic acids is 1. The zero-order chi connectivity index (χ0) is 13.0. The van der Waals surface area contributed by atoms with Crippen molar-refractivity contribution in [2.45, 2.75) is 19.5 Å². The Hall–Kier alpha value is -1.39. The molecule has 1 unspecified atom stereocenters. The molecule has 1 aromatic carbocycles. The third-order valence-corrected chi connectivity index (χ3v) is 3.41. The van der Waals surface area contributed by atoms with Crippen molar-refractivity contribution in [2.75, 3.05) is 26.7 Å². The van der Waals surface area contributed by atoms with Crippen molar-refractivity contribution in [3.05, 3.63) is 35.4 Å². The molecule has 1 aromatic rings. The van der Waals surface area contributed by atoms with Gasteiger partial charge in [-0.1, -0.05) is 29.8 Å². The summed E-state index contributed by atoms with van der Waals surface area (Å²) in [6.07, 6.45) is 0. The maximum Gasteiger partial charge on any atom is 0.238 e. The monoisotopic (exact) mass is 247 g/mol. The summed E-state index contributed by atoms with van der Waals surface area (Å²) >= 11 is 0. The Bertz CT molecular complexity index is 402. The van der Waals surface area contributed by atoms with Crippen LogP contribution in [0.2, 0.25) is 0 Å². The zero-order valence-electron chi connectivity index (χ0n) is 11.1. The molecular weight excluding hydrogens is 226 g/mol. The van der Waals surface area contributed by atoms with Crippen molar-refractivity contribution in [1.29, 1.82) is 0 Å². The van der Waals surface area contributed by atoms with E-state index in [9.17, 15) is 4.79 Å². The lowest BCUT2D eigenvalue weighted by Gasteiger charge is -2.34. The highest BCUT2D eigenvalue weighted by Crippen LogP contribution is 2.11. The first-order valence-corrected chi connectivity index (χ1v) is 6.42. The van der Waals surface area contributed by atoms with Crippen LogP contribution in [0.3, 0.4) is 0 Å². The van der Waals surface area contributed by atoms with Crippen LogP contribution < -0.4 is 10.6 Å². The van der Waals surface area contributed by atoms with E-state index in [0.717, 1.165) is 26.2 Å². The topological polar surface area (TPSA) is 44.4 Å². The Morgan fingerprint density at radius 3 is 2.83 bits per heavy atom. The lowest BCUT2D eigenvalue weighted by molar-refractivity contribution is -0.126. The molecule has 2 rings (SSSR count). The number of hydrogen-bond acceptors (Lipinski definition) is 3. The summed E-state index contributed by atoms with van der Waals surface area (Å²) in [5, 5.41) is 6.01. The summed E-state index contributed by atoms with van der Waals surface area (Å²) in [6, 6.07) is 8.44. The number of rotatable bonds is 3. The van der Waals surface area contributed by atoms with Crippen LogP contribution in [0.25, 0.3) is 0 Å². The molecule has 1 amide bonds. The number of aryl methyl sites for hydroxylation is 1. The molecule has 1 aliphatic rings. The molecule has 1 aliphatic heterocycles. The Kier molecular flexibility index (Phi) is 4.33. The molecule has 0 spiro atoms. The number of benzene rings is 1. The first-order valence-electron chi connectivity index (χ1n) is 6.42. The zero-order valence-corrected chi connectivity index (χ0v) is 11.1. The first-order chi connectivity index (χ1) is 8.70. The third kappa shape index (κ3) is 3.09. The smallest absolute Gasteiger partial charge is 0.238 e. The van der Waals surface area contributed by atoms with Gasteiger partial charge in [0.1, 0.15) is 6.04 Å². The highest BCUT2D eigenvalue weighted by molar-refractivity contribution is 5.81. The SMILES string of the molecule is CNC(=O)C1CNCCN1Cc1ccc(C)cc1. The summed E-state index contributed by atoms with van der Waals surface area (Å²) in [7, 11) is 1.70. The normalized spacial score (nSPS) is 20.7. The van der Waals surface area contributed by atoms with Crippen molar-refractivity contribution in [2.24, 2.45) is 0 Å². The fraction of sp³-hybridized carbons (Fsp3) is 0.500. The molecule has 0 aliphatic carbocycles. The number of nitrogens with zero attached hydrogens (tertiary/aromatic N) is 1. The van der Waals surface area contributed by atoms with Crippen molar-refractivity contribution >= 4 is 5.91 Å². The quantitative estimate of drug-likeness (QED) is 0.818. The number of piperazine rings is 1. The van der Waals surface area contributed by atoms with Gasteiger partial charge in [0.2, 0.25) is 5.91 Å². The van der Waals surface area contributed by atoms with Gasteiger partial charge in [-0.05, 0) is 12.5 Å². The second-order valence-corrected chi connectivity index (χ2v) is 4.79. The Morgan fingerprint density at radius 2 is 2.17 bits per heavy atom. The van der Waals surface area contributed by atoms with Crippen LogP contribution in [0.5, 0.6) is 0 Å². The van der Waals surface area contributed by atoms with Gasteiger partial charge >= 0.3 is 0 Å². The molecule has 1 fully saturated rings. The van der Waals surface area contributed by atoms with Gasteiger partial charge in [-0.3, -0.25) is 9.69 Å². The lowest BCUT2D eigenvalue weighted by Crippen LogP contribution is -2.56. The molecule has 0 bridgehead atoms. The van der Waals surface area contributed by atoms with Crippen LogP contribution in [-0.4, -0.2) is 43.5 Å². The lowest BCUT2D eigenvalue weighted by atomic mass is 10.1. The molecule has 0 aromatic heterocycles. The highest BCUT2D eigenvalue weighted by atomic mass is 16.2. The van der Waals surface area contributed by atoms with E-state index in [-0.39, 0.29) is 11.9 Å². The van der Waals surface area contributed by atoms with Crippen LogP contribution in [0.15, 0.2) is 24.3 Å². The summed E-state index contributed by atoms with van der Waals surface area (Å²) in [6.45, 7) is 5.50. The summed E-state index contributed by atoms with van der Waals surface area (Å²) in [5.74, 6) is 0.0920. The van der Waals surface area contributed by atoms with Gasteiger partial charge in [-0.15, -0.1) is 0 Å². The van der Waals surface area contributed by atoms with E-state index in [0.29, 0.717) is 0 Å². The summed E-state index contributed by atoms with van der Waals surface area (Å²) in [4.78, 5) is 14.1. The molecule has 2 N–H and O–H groups in total. The fourth-order valence-corrected chi connectivity index (χ4v) is 2.29. The molecule has 1 heterocycles.